The maximum Gasteiger partial charge on any atom is 0.258 e. The van der Waals surface area contributed by atoms with E-state index in [2.05, 4.69) is 45.0 Å². The quantitative estimate of drug-likeness (QED) is 0.736. The fourth-order valence-electron chi connectivity index (χ4n) is 2.92. The Balaban J connectivity index is 1.53. The molecule has 1 atom stereocenters. The smallest absolute Gasteiger partial charge is 0.258 e. The van der Waals surface area contributed by atoms with Crippen LogP contribution in [-0.4, -0.2) is 39.4 Å². The molecule has 0 aliphatic carbocycles. The van der Waals surface area contributed by atoms with E-state index in [1.165, 1.54) is 5.69 Å². The van der Waals surface area contributed by atoms with Crippen LogP contribution >= 0.6 is 11.3 Å². The number of ether oxygens (including phenoxy) is 1. The molecule has 1 aliphatic heterocycles. The Kier molecular flexibility index (Phi) is 3.99. The number of aryl methyl sites for hydroxylation is 1. The second kappa shape index (κ2) is 6.27. The molecule has 0 bridgehead atoms. The molecule has 23 heavy (non-hydrogen) atoms. The monoisotopic (exact) mass is 330 g/mol. The SMILES string of the molecule is Cn1cccc1[C@@H]1COCCN1Cc1noc(-c2ccsc2)n1. The van der Waals surface area contributed by atoms with E-state index in [4.69, 9.17) is 9.26 Å². The van der Waals surface area contributed by atoms with Crippen molar-refractivity contribution in [3.05, 3.63) is 46.7 Å². The van der Waals surface area contributed by atoms with Crippen LogP contribution in [0.25, 0.3) is 11.5 Å². The molecule has 0 radical (unpaired) electrons. The first kappa shape index (κ1) is 14.6. The van der Waals surface area contributed by atoms with Crippen molar-refractivity contribution in [3.8, 4) is 11.5 Å². The molecule has 0 aromatic carbocycles. The maximum absolute atomic E-state index is 5.68. The molecule has 3 aromatic rings. The Bertz CT molecular complexity index is 765. The molecule has 4 rings (SSSR count). The first-order valence-corrected chi connectivity index (χ1v) is 8.54. The standard InChI is InChI=1S/C16H18N4O2S/c1-19-5-2-3-13(19)14-10-21-7-6-20(14)9-15-17-16(22-18-15)12-4-8-23-11-12/h2-5,8,11,14H,6-7,9-10H2,1H3/t14-/m0/s1. The van der Waals surface area contributed by atoms with Crippen molar-refractivity contribution >= 4 is 11.3 Å². The summed E-state index contributed by atoms with van der Waals surface area (Å²) in [6.45, 7) is 2.94. The number of hydrogen-bond acceptors (Lipinski definition) is 6. The molecule has 1 aliphatic rings. The third-order valence-electron chi connectivity index (χ3n) is 4.15. The van der Waals surface area contributed by atoms with Crippen molar-refractivity contribution in [2.24, 2.45) is 7.05 Å². The highest BCUT2D eigenvalue weighted by Gasteiger charge is 2.27. The van der Waals surface area contributed by atoms with E-state index >= 15 is 0 Å². The van der Waals surface area contributed by atoms with Gasteiger partial charge in [0.2, 0.25) is 0 Å². The molecule has 6 nitrogen and oxygen atoms in total. The number of aromatic nitrogens is 3. The van der Waals surface area contributed by atoms with Crippen molar-refractivity contribution in [1.29, 1.82) is 0 Å². The molecule has 0 unspecified atom stereocenters. The minimum atomic E-state index is 0.215. The Morgan fingerprint density at radius 1 is 1.39 bits per heavy atom. The van der Waals surface area contributed by atoms with Gasteiger partial charge in [0.05, 0.1) is 31.4 Å². The zero-order valence-electron chi connectivity index (χ0n) is 12.9. The van der Waals surface area contributed by atoms with E-state index in [-0.39, 0.29) is 6.04 Å². The average molecular weight is 330 g/mol. The van der Waals surface area contributed by atoms with Gasteiger partial charge in [-0.1, -0.05) is 5.16 Å². The Morgan fingerprint density at radius 3 is 3.13 bits per heavy atom. The van der Waals surface area contributed by atoms with E-state index in [1.807, 2.05) is 16.8 Å². The summed E-state index contributed by atoms with van der Waals surface area (Å²) in [6, 6.07) is 6.40. The molecule has 0 saturated carbocycles. The molecule has 0 N–H and O–H groups in total. The second-order valence-corrected chi connectivity index (χ2v) is 6.41. The summed E-state index contributed by atoms with van der Waals surface area (Å²) < 4.78 is 13.2. The summed E-state index contributed by atoms with van der Waals surface area (Å²) in [5, 5.41) is 8.15. The predicted molar refractivity (Wildman–Crippen MR) is 87.0 cm³/mol. The summed E-state index contributed by atoms with van der Waals surface area (Å²) in [7, 11) is 2.06. The van der Waals surface area contributed by atoms with Crippen LogP contribution in [0.2, 0.25) is 0 Å². The third kappa shape index (κ3) is 2.95. The van der Waals surface area contributed by atoms with Gasteiger partial charge in [-0.25, -0.2) is 0 Å². The zero-order valence-corrected chi connectivity index (χ0v) is 13.7. The van der Waals surface area contributed by atoms with Crippen LogP contribution in [0.4, 0.5) is 0 Å². The van der Waals surface area contributed by atoms with Gasteiger partial charge in [-0.15, -0.1) is 0 Å². The van der Waals surface area contributed by atoms with Crippen molar-refractivity contribution in [1.82, 2.24) is 19.6 Å². The molecular formula is C16H18N4O2S. The van der Waals surface area contributed by atoms with Crippen LogP contribution in [0.3, 0.4) is 0 Å². The summed E-state index contributed by atoms with van der Waals surface area (Å²) >= 11 is 1.62. The van der Waals surface area contributed by atoms with Gasteiger partial charge in [-0.2, -0.15) is 16.3 Å². The van der Waals surface area contributed by atoms with Gasteiger partial charge < -0.3 is 13.8 Å². The van der Waals surface area contributed by atoms with Crippen LogP contribution in [0.15, 0.2) is 39.7 Å². The van der Waals surface area contributed by atoms with Gasteiger partial charge in [-0.3, -0.25) is 4.90 Å². The minimum Gasteiger partial charge on any atom is -0.378 e. The number of thiophene rings is 1. The average Bonchev–Trinajstić information content (AvgIpc) is 3.29. The Hall–Kier alpha value is -1.96. The molecule has 7 heteroatoms. The summed E-state index contributed by atoms with van der Waals surface area (Å²) in [6.07, 6.45) is 2.06. The maximum atomic E-state index is 5.68. The lowest BCUT2D eigenvalue weighted by atomic mass is 10.1. The highest BCUT2D eigenvalue weighted by molar-refractivity contribution is 7.08. The third-order valence-corrected chi connectivity index (χ3v) is 4.83. The first-order valence-electron chi connectivity index (χ1n) is 7.59. The number of rotatable bonds is 4. The van der Waals surface area contributed by atoms with Crippen molar-refractivity contribution < 1.29 is 9.26 Å². The molecular weight excluding hydrogens is 312 g/mol. The number of morpholine rings is 1. The molecule has 120 valence electrons. The fourth-order valence-corrected chi connectivity index (χ4v) is 3.55. The predicted octanol–water partition coefficient (Wildman–Crippen LogP) is 2.71. The molecule has 1 saturated heterocycles. The number of hydrogen-bond donors (Lipinski definition) is 0. The van der Waals surface area contributed by atoms with Crippen molar-refractivity contribution in [2.75, 3.05) is 19.8 Å². The first-order chi connectivity index (χ1) is 11.3. The summed E-state index contributed by atoms with van der Waals surface area (Å²) in [4.78, 5) is 6.87. The lowest BCUT2D eigenvalue weighted by Crippen LogP contribution is -2.40. The van der Waals surface area contributed by atoms with Gasteiger partial charge in [-0.05, 0) is 23.6 Å². The van der Waals surface area contributed by atoms with Crippen LogP contribution < -0.4 is 0 Å². The molecule has 0 spiro atoms. The van der Waals surface area contributed by atoms with Gasteiger partial charge in [0.15, 0.2) is 5.82 Å². The highest BCUT2D eigenvalue weighted by atomic mass is 32.1. The van der Waals surface area contributed by atoms with Gasteiger partial charge in [0.25, 0.3) is 5.89 Å². The van der Waals surface area contributed by atoms with Crippen molar-refractivity contribution in [3.63, 3.8) is 0 Å². The van der Waals surface area contributed by atoms with Crippen LogP contribution in [0.1, 0.15) is 17.6 Å². The normalized spacial score (nSPS) is 19.3. The Morgan fingerprint density at radius 2 is 2.35 bits per heavy atom. The van der Waals surface area contributed by atoms with E-state index in [9.17, 15) is 0 Å². The lowest BCUT2D eigenvalue weighted by Gasteiger charge is -2.35. The van der Waals surface area contributed by atoms with Gasteiger partial charge in [0.1, 0.15) is 0 Å². The highest BCUT2D eigenvalue weighted by Crippen LogP contribution is 2.26. The summed E-state index contributed by atoms with van der Waals surface area (Å²) in [5.74, 6) is 1.30. The molecule has 1 fully saturated rings. The molecule has 4 heterocycles. The van der Waals surface area contributed by atoms with Crippen molar-refractivity contribution in [2.45, 2.75) is 12.6 Å². The van der Waals surface area contributed by atoms with Crippen LogP contribution in [0, 0.1) is 0 Å². The second-order valence-electron chi connectivity index (χ2n) is 5.63. The molecule has 0 amide bonds. The van der Waals surface area contributed by atoms with E-state index in [1.54, 1.807) is 11.3 Å². The number of nitrogens with zero attached hydrogens (tertiary/aromatic N) is 4. The van der Waals surface area contributed by atoms with Gasteiger partial charge >= 0.3 is 0 Å². The van der Waals surface area contributed by atoms with Crippen LogP contribution in [0.5, 0.6) is 0 Å². The summed E-state index contributed by atoms with van der Waals surface area (Å²) in [5.41, 5.74) is 2.22. The molecule has 3 aromatic heterocycles. The minimum absolute atomic E-state index is 0.215. The fraction of sp³-hybridized carbons (Fsp3) is 0.375. The lowest BCUT2D eigenvalue weighted by molar-refractivity contribution is -0.0165. The largest absolute Gasteiger partial charge is 0.378 e. The van der Waals surface area contributed by atoms with E-state index in [0.29, 0.717) is 24.9 Å². The Labute approximate surface area is 138 Å². The zero-order chi connectivity index (χ0) is 15.6. The topological polar surface area (TPSA) is 56.3 Å². The van der Waals surface area contributed by atoms with Crippen LogP contribution in [-0.2, 0) is 18.3 Å². The van der Waals surface area contributed by atoms with E-state index < -0.39 is 0 Å². The van der Waals surface area contributed by atoms with Gasteiger partial charge in [0, 0.05) is 30.9 Å². The van der Waals surface area contributed by atoms with E-state index in [0.717, 1.165) is 18.7 Å².